The number of nitrogens with zero attached hydrogens (tertiary/aromatic N) is 3. The highest BCUT2D eigenvalue weighted by molar-refractivity contribution is 5.50. The highest BCUT2D eigenvalue weighted by Gasteiger charge is 2.05. The Bertz CT molecular complexity index is 350. The third-order valence-corrected chi connectivity index (χ3v) is 1.59. The highest BCUT2D eigenvalue weighted by Crippen LogP contribution is 2.16. The van der Waals surface area contributed by atoms with Crippen LogP contribution in [0.15, 0.2) is 22.9 Å². The van der Waals surface area contributed by atoms with Crippen LogP contribution in [-0.4, -0.2) is 14.9 Å². The minimum atomic E-state index is 0.716. The molecule has 0 saturated heterocycles. The third kappa shape index (κ3) is 1.11. The van der Waals surface area contributed by atoms with E-state index in [0.29, 0.717) is 5.76 Å². The van der Waals surface area contributed by atoms with Crippen LogP contribution in [0, 0.1) is 6.92 Å². The van der Waals surface area contributed by atoms with Crippen molar-refractivity contribution in [2.45, 2.75) is 6.92 Å². The molecule has 0 amide bonds. The summed E-state index contributed by atoms with van der Waals surface area (Å²) in [4.78, 5) is 0. The van der Waals surface area contributed by atoms with Crippen molar-refractivity contribution in [3.05, 3.63) is 24.0 Å². The molecule has 0 aliphatic heterocycles. The lowest BCUT2D eigenvalue weighted by Gasteiger charge is -1.85. The first kappa shape index (κ1) is 7.09. The molecule has 4 nitrogen and oxygen atoms in total. The number of hydrogen-bond donors (Lipinski definition) is 0. The van der Waals surface area contributed by atoms with Crippen LogP contribution in [0.5, 0.6) is 0 Å². The van der Waals surface area contributed by atoms with E-state index < -0.39 is 0 Å². The Labute approximate surface area is 69.8 Å². The van der Waals surface area contributed by atoms with Gasteiger partial charge in [0.2, 0.25) is 0 Å². The summed E-state index contributed by atoms with van der Waals surface area (Å²) in [6, 6.07) is 3.75. The quantitative estimate of drug-likeness (QED) is 0.638. The van der Waals surface area contributed by atoms with Crippen molar-refractivity contribution in [3.8, 4) is 11.5 Å². The monoisotopic (exact) mass is 163 g/mol. The smallest absolute Gasteiger partial charge is 0.187 e. The van der Waals surface area contributed by atoms with E-state index in [0.717, 1.165) is 11.4 Å². The van der Waals surface area contributed by atoms with Crippen LogP contribution in [0.1, 0.15) is 5.69 Å². The van der Waals surface area contributed by atoms with Crippen molar-refractivity contribution in [2.75, 3.05) is 0 Å². The molecule has 0 saturated carbocycles. The molecule has 4 heteroatoms. The standard InChI is InChI=1S/C8H9N3O/c1-6-5-8(12-10-6)7-3-4-11(2)9-7/h3-5H,1-2H3. The van der Waals surface area contributed by atoms with Gasteiger partial charge in [-0.2, -0.15) is 5.10 Å². The Morgan fingerprint density at radius 1 is 1.50 bits per heavy atom. The van der Waals surface area contributed by atoms with Gasteiger partial charge in [0.05, 0.1) is 5.69 Å². The van der Waals surface area contributed by atoms with Crippen LogP contribution in [0.3, 0.4) is 0 Å². The molecule has 0 aliphatic rings. The lowest BCUT2D eigenvalue weighted by atomic mass is 10.3. The first-order chi connectivity index (χ1) is 5.75. The largest absolute Gasteiger partial charge is 0.354 e. The van der Waals surface area contributed by atoms with E-state index >= 15 is 0 Å². The van der Waals surface area contributed by atoms with E-state index in [4.69, 9.17) is 4.52 Å². The van der Waals surface area contributed by atoms with Crippen molar-refractivity contribution >= 4 is 0 Å². The molecule has 0 unspecified atom stereocenters. The Morgan fingerprint density at radius 3 is 2.83 bits per heavy atom. The summed E-state index contributed by atoms with van der Waals surface area (Å²) in [5.74, 6) is 0.716. The predicted octanol–water partition coefficient (Wildman–Crippen LogP) is 1.38. The summed E-state index contributed by atoms with van der Waals surface area (Å²) in [5.41, 5.74) is 1.69. The van der Waals surface area contributed by atoms with Gasteiger partial charge < -0.3 is 4.52 Å². The van der Waals surface area contributed by atoms with Gasteiger partial charge in [-0.3, -0.25) is 4.68 Å². The minimum absolute atomic E-state index is 0.716. The van der Waals surface area contributed by atoms with Crippen molar-refractivity contribution < 1.29 is 4.52 Å². The molecule has 2 rings (SSSR count). The molecule has 0 aromatic carbocycles. The summed E-state index contributed by atoms with van der Waals surface area (Å²) in [5, 5.41) is 7.96. The van der Waals surface area contributed by atoms with Gasteiger partial charge in [0.25, 0.3) is 0 Å². The molecule has 2 heterocycles. The maximum Gasteiger partial charge on any atom is 0.187 e. The number of rotatable bonds is 1. The Morgan fingerprint density at radius 2 is 2.33 bits per heavy atom. The van der Waals surface area contributed by atoms with E-state index in [-0.39, 0.29) is 0 Å². The van der Waals surface area contributed by atoms with E-state index in [1.807, 2.05) is 32.3 Å². The van der Waals surface area contributed by atoms with Gasteiger partial charge >= 0.3 is 0 Å². The van der Waals surface area contributed by atoms with Crippen LogP contribution in [-0.2, 0) is 7.05 Å². The van der Waals surface area contributed by atoms with Crippen LogP contribution in [0.2, 0.25) is 0 Å². The molecular weight excluding hydrogens is 154 g/mol. The van der Waals surface area contributed by atoms with E-state index in [1.54, 1.807) is 4.68 Å². The topological polar surface area (TPSA) is 43.9 Å². The van der Waals surface area contributed by atoms with Gasteiger partial charge in [-0.25, -0.2) is 0 Å². The summed E-state index contributed by atoms with van der Waals surface area (Å²) in [6.45, 7) is 1.88. The Kier molecular flexibility index (Phi) is 1.46. The van der Waals surface area contributed by atoms with Gasteiger partial charge in [0.15, 0.2) is 5.76 Å². The lowest BCUT2D eigenvalue weighted by molar-refractivity contribution is 0.425. The van der Waals surface area contributed by atoms with Gasteiger partial charge in [0.1, 0.15) is 5.69 Å². The van der Waals surface area contributed by atoms with Crippen LogP contribution in [0.25, 0.3) is 11.5 Å². The molecular formula is C8H9N3O. The zero-order chi connectivity index (χ0) is 8.55. The van der Waals surface area contributed by atoms with Gasteiger partial charge in [-0.1, -0.05) is 5.16 Å². The average molecular weight is 163 g/mol. The molecule has 62 valence electrons. The Balaban J connectivity index is 2.43. The number of aryl methyl sites for hydroxylation is 2. The minimum Gasteiger partial charge on any atom is -0.354 e. The van der Waals surface area contributed by atoms with Gasteiger partial charge in [0, 0.05) is 19.3 Å². The fraction of sp³-hybridized carbons (Fsp3) is 0.250. The molecule has 2 aromatic rings. The van der Waals surface area contributed by atoms with E-state index in [2.05, 4.69) is 10.3 Å². The summed E-state index contributed by atoms with van der Waals surface area (Å²) in [7, 11) is 1.87. The normalized spacial score (nSPS) is 10.5. The van der Waals surface area contributed by atoms with Crippen LogP contribution < -0.4 is 0 Å². The van der Waals surface area contributed by atoms with E-state index in [1.165, 1.54) is 0 Å². The molecule has 0 aliphatic carbocycles. The van der Waals surface area contributed by atoms with Crippen LogP contribution >= 0.6 is 0 Å². The highest BCUT2D eigenvalue weighted by atomic mass is 16.5. The SMILES string of the molecule is Cc1cc(-c2ccn(C)n2)on1. The number of aromatic nitrogens is 3. The molecule has 0 spiro atoms. The fourth-order valence-electron chi connectivity index (χ4n) is 1.03. The van der Waals surface area contributed by atoms with Crippen molar-refractivity contribution in [1.29, 1.82) is 0 Å². The summed E-state index contributed by atoms with van der Waals surface area (Å²) in [6.07, 6.45) is 1.87. The second-order valence-electron chi connectivity index (χ2n) is 2.71. The zero-order valence-electron chi connectivity index (χ0n) is 6.98. The second kappa shape index (κ2) is 2.48. The third-order valence-electron chi connectivity index (χ3n) is 1.59. The molecule has 0 bridgehead atoms. The molecule has 0 atom stereocenters. The second-order valence-corrected chi connectivity index (χ2v) is 2.71. The van der Waals surface area contributed by atoms with Crippen LogP contribution in [0.4, 0.5) is 0 Å². The Hall–Kier alpha value is -1.58. The molecule has 2 aromatic heterocycles. The molecule has 12 heavy (non-hydrogen) atoms. The fourth-order valence-corrected chi connectivity index (χ4v) is 1.03. The summed E-state index contributed by atoms with van der Waals surface area (Å²) >= 11 is 0. The van der Waals surface area contributed by atoms with Gasteiger partial charge in [-0.05, 0) is 13.0 Å². The summed E-state index contributed by atoms with van der Waals surface area (Å²) < 4.78 is 6.77. The van der Waals surface area contributed by atoms with Gasteiger partial charge in [-0.15, -0.1) is 0 Å². The maximum absolute atomic E-state index is 5.04. The zero-order valence-corrected chi connectivity index (χ0v) is 6.98. The first-order valence-corrected chi connectivity index (χ1v) is 3.69. The van der Waals surface area contributed by atoms with E-state index in [9.17, 15) is 0 Å². The molecule has 0 N–H and O–H groups in total. The molecule has 0 fully saturated rings. The number of hydrogen-bond acceptors (Lipinski definition) is 3. The molecule has 0 radical (unpaired) electrons. The van der Waals surface area contributed by atoms with Crippen molar-refractivity contribution in [1.82, 2.24) is 14.9 Å². The average Bonchev–Trinajstić information content (AvgIpc) is 2.58. The van der Waals surface area contributed by atoms with Crippen molar-refractivity contribution in [2.24, 2.45) is 7.05 Å². The predicted molar refractivity (Wildman–Crippen MR) is 43.4 cm³/mol. The lowest BCUT2D eigenvalue weighted by Crippen LogP contribution is -1.86. The maximum atomic E-state index is 5.04. The van der Waals surface area contributed by atoms with Crippen molar-refractivity contribution in [3.63, 3.8) is 0 Å². The first-order valence-electron chi connectivity index (χ1n) is 3.69.